The summed E-state index contributed by atoms with van der Waals surface area (Å²) in [6, 6.07) is 21.5. The highest BCUT2D eigenvalue weighted by molar-refractivity contribution is 5.76. The first-order valence-electron chi connectivity index (χ1n) is 10.4. The molecular formula is C24H31N3O. The van der Waals surface area contributed by atoms with Crippen LogP contribution in [0.3, 0.4) is 0 Å². The van der Waals surface area contributed by atoms with Crippen LogP contribution in [-0.4, -0.2) is 55.0 Å². The zero-order valence-corrected chi connectivity index (χ0v) is 16.6. The van der Waals surface area contributed by atoms with Crippen molar-refractivity contribution < 1.29 is 4.79 Å². The predicted molar refractivity (Wildman–Crippen MR) is 113 cm³/mol. The van der Waals surface area contributed by atoms with Crippen molar-refractivity contribution in [2.45, 2.75) is 19.3 Å². The molecule has 0 aliphatic carbocycles. The van der Waals surface area contributed by atoms with Crippen molar-refractivity contribution in [3.05, 3.63) is 71.8 Å². The zero-order chi connectivity index (χ0) is 19.4. The molecule has 2 N–H and O–H groups in total. The van der Waals surface area contributed by atoms with Crippen molar-refractivity contribution in [2.75, 3.05) is 39.3 Å². The molecule has 2 aromatic rings. The molecule has 4 heteroatoms. The van der Waals surface area contributed by atoms with Crippen molar-refractivity contribution in [1.29, 1.82) is 0 Å². The average Bonchev–Trinajstić information content (AvgIpc) is 3.19. The lowest BCUT2D eigenvalue weighted by Gasteiger charge is -2.30. The standard InChI is InChI=1S/C24H31N3O/c25-23(28)17-27-16-22-15-26(14-12-21-9-5-2-6-10-21)18-24(22,19-27)13-11-20-7-3-1-4-8-20/h1-10,22H,11-19H2,(H2,25,28). The van der Waals surface area contributed by atoms with Gasteiger partial charge in [-0.15, -0.1) is 0 Å². The molecule has 0 spiro atoms. The summed E-state index contributed by atoms with van der Waals surface area (Å²) in [6.45, 7) is 5.77. The number of nitrogens with zero attached hydrogens (tertiary/aromatic N) is 2. The first kappa shape index (κ1) is 19.2. The Kier molecular flexibility index (Phi) is 5.79. The van der Waals surface area contributed by atoms with E-state index in [9.17, 15) is 4.79 Å². The highest BCUT2D eigenvalue weighted by atomic mass is 16.1. The number of benzene rings is 2. The van der Waals surface area contributed by atoms with E-state index < -0.39 is 0 Å². The Bertz CT molecular complexity index is 779. The Labute approximate surface area is 168 Å². The Hall–Kier alpha value is -2.17. The average molecular weight is 378 g/mol. The van der Waals surface area contributed by atoms with Crippen LogP contribution >= 0.6 is 0 Å². The number of carbonyl (C=O) groups is 1. The Morgan fingerprint density at radius 1 is 0.893 bits per heavy atom. The molecule has 0 bridgehead atoms. The molecule has 2 atom stereocenters. The number of primary amides is 1. The van der Waals surface area contributed by atoms with E-state index in [1.165, 1.54) is 17.5 Å². The number of aryl methyl sites for hydroxylation is 1. The molecule has 2 unspecified atom stereocenters. The molecule has 2 saturated heterocycles. The number of likely N-dealkylation sites (tertiary alicyclic amines) is 2. The molecule has 0 saturated carbocycles. The van der Waals surface area contributed by atoms with Crippen LogP contribution in [0.25, 0.3) is 0 Å². The van der Waals surface area contributed by atoms with Crippen LogP contribution in [0.5, 0.6) is 0 Å². The minimum Gasteiger partial charge on any atom is -0.369 e. The summed E-state index contributed by atoms with van der Waals surface area (Å²) in [4.78, 5) is 16.4. The normalized spacial score (nSPS) is 25.1. The van der Waals surface area contributed by atoms with E-state index in [1.807, 2.05) is 0 Å². The quantitative estimate of drug-likeness (QED) is 0.769. The maximum Gasteiger partial charge on any atom is 0.231 e. The topological polar surface area (TPSA) is 49.6 Å². The highest BCUT2D eigenvalue weighted by Gasteiger charge is 2.51. The summed E-state index contributed by atoms with van der Waals surface area (Å²) in [5.41, 5.74) is 8.58. The van der Waals surface area contributed by atoms with Gasteiger partial charge < -0.3 is 10.6 Å². The molecule has 4 nitrogen and oxygen atoms in total. The van der Waals surface area contributed by atoms with Crippen LogP contribution < -0.4 is 5.73 Å². The van der Waals surface area contributed by atoms with Gasteiger partial charge in [0.2, 0.25) is 5.91 Å². The third-order valence-corrected chi connectivity index (χ3v) is 6.59. The number of amides is 1. The lowest BCUT2D eigenvalue weighted by atomic mass is 9.76. The molecule has 2 aliphatic rings. The number of fused-ring (bicyclic) bond motifs is 1. The van der Waals surface area contributed by atoms with Crippen molar-refractivity contribution >= 4 is 5.91 Å². The molecule has 2 fully saturated rings. The zero-order valence-electron chi connectivity index (χ0n) is 16.6. The summed E-state index contributed by atoms with van der Waals surface area (Å²) in [7, 11) is 0. The molecule has 4 rings (SSSR count). The molecule has 28 heavy (non-hydrogen) atoms. The monoisotopic (exact) mass is 377 g/mol. The van der Waals surface area contributed by atoms with Crippen molar-refractivity contribution in [1.82, 2.24) is 9.80 Å². The van der Waals surface area contributed by atoms with Crippen LogP contribution in [-0.2, 0) is 17.6 Å². The Balaban J connectivity index is 1.41. The van der Waals surface area contributed by atoms with E-state index in [1.54, 1.807) is 0 Å². The molecule has 0 radical (unpaired) electrons. The number of hydrogen-bond acceptors (Lipinski definition) is 3. The van der Waals surface area contributed by atoms with Crippen LogP contribution in [0.2, 0.25) is 0 Å². The number of nitrogens with two attached hydrogens (primary N) is 1. The Morgan fingerprint density at radius 3 is 2.11 bits per heavy atom. The molecule has 0 aromatic heterocycles. The van der Waals surface area contributed by atoms with Crippen LogP contribution in [0, 0.1) is 11.3 Å². The van der Waals surface area contributed by atoms with E-state index >= 15 is 0 Å². The number of rotatable bonds is 8. The third-order valence-electron chi connectivity index (χ3n) is 6.59. The number of hydrogen-bond donors (Lipinski definition) is 1. The van der Waals surface area contributed by atoms with Gasteiger partial charge in [0.1, 0.15) is 0 Å². The van der Waals surface area contributed by atoms with E-state index in [2.05, 4.69) is 70.5 Å². The molecule has 1 amide bonds. The molecule has 2 heterocycles. The largest absolute Gasteiger partial charge is 0.369 e. The highest BCUT2D eigenvalue weighted by Crippen LogP contribution is 2.45. The minimum atomic E-state index is -0.209. The summed E-state index contributed by atoms with van der Waals surface area (Å²) < 4.78 is 0. The fraction of sp³-hybridized carbons (Fsp3) is 0.458. The van der Waals surface area contributed by atoms with Gasteiger partial charge in [-0.1, -0.05) is 60.7 Å². The first-order chi connectivity index (χ1) is 13.6. The second-order valence-corrected chi connectivity index (χ2v) is 8.65. The lowest BCUT2D eigenvalue weighted by molar-refractivity contribution is -0.119. The van der Waals surface area contributed by atoms with Crippen LogP contribution in [0.4, 0.5) is 0 Å². The lowest BCUT2D eigenvalue weighted by Crippen LogP contribution is -2.38. The van der Waals surface area contributed by atoms with E-state index in [0.29, 0.717) is 12.5 Å². The van der Waals surface area contributed by atoms with Gasteiger partial charge in [-0.05, 0) is 36.3 Å². The maximum atomic E-state index is 11.5. The van der Waals surface area contributed by atoms with E-state index in [4.69, 9.17) is 5.73 Å². The second-order valence-electron chi connectivity index (χ2n) is 8.65. The molecule has 148 valence electrons. The number of carbonyl (C=O) groups excluding carboxylic acids is 1. The molecule has 2 aromatic carbocycles. The van der Waals surface area contributed by atoms with Gasteiger partial charge in [-0.3, -0.25) is 9.69 Å². The van der Waals surface area contributed by atoms with Crippen LogP contribution in [0.1, 0.15) is 17.5 Å². The smallest absolute Gasteiger partial charge is 0.231 e. The van der Waals surface area contributed by atoms with Gasteiger partial charge >= 0.3 is 0 Å². The van der Waals surface area contributed by atoms with Crippen molar-refractivity contribution in [3.63, 3.8) is 0 Å². The second kappa shape index (κ2) is 8.46. The van der Waals surface area contributed by atoms with Gasteiger partial charge in [-0.2, -0.15) is 0 Å². The summed E-state index contributed by atoms with van der Waals surface area (Å²) in [6.07, 6.45) is 3.39. The van der Waals surface area contributed by atoms with Gasteiger partial charge in [-0.25, -0.2) is 0 Å². The SMILES string of the molecule is NC(=O)CN1CC2CN(CCc3ccccc3)CC2(CCc2ccccc2)C1. The Morgan fingerprint density at radius 2 is 1.46 bits per heavy atom. The first-order valence-corrected chi connectivity index (χ1v) is 10.4. The van der Waals surface area contributed by atoms with Gasteiger partial charge in [0, 0.05) is 38.1 Å². The fourth-order valence-electron chi connectivity index (χ4n) is 5.24. The minimum absolute atomic E-state index is 0.209. The van der Waals surface area contributed by atoms with Gasteiger partial charge in [0.25, 0.3) is 0 Å². The summed E-state index contributed by atoms with van der Waals surface area (Å²) in [5, 5.41) is 0. The predicted octanol–water partition coefficient (Wildman–Crippen LogP) is 2.58. The summed E-state index contributed by atoms with van der Waals surface area (Å²) >= 11 is 0. The molecular weight excluding hydrogens is 346 g/mol. The van der Waals surface area contributed by atoms with Crippen molar-refractivity contribution in [3.8, 4) is 0 Å². The van der Waals surface area contributed by atoms with Crippen LogP contribution in [0.15, 0.2) is 60.7 Å². The van der Waals surface area contributed by atoms with E-state index in [-0.39, 0.29) is 11.3 Å². The maximum absolute atomic E-state index is 11.5. The third kappa shape index (κ3) is 4.45. The van der Waals surface area contributed by atoms with E-state index in [0.717, 1.165) is 45.6 Å². The molecule has 2 aliphatic heterocycles. The van der Waals surface area contributed by atoms with Crippen molar-refractivity contribution in [2.24, 2.45) is 17.1 Å². The van der Waals surface area contributed by atoms with Gasteiger partial charge in [0.15, 0.2) is 0 Å². The van der Waals surface area contributed by atoms with Gasteiger partial charge in [0.05, 0.1) is 6.54 Å². The summed E-state index contributed by atoms with van der Waals surface area (Å²) in [5.74, 6) is 0.422. The fourth-order valence-corrected chi connectivity index (χ4v) is 5.24.